The van der Waals surface area contributed by atoms with Crippen molar-refractivity contribution in [3.8, 4) is 0 Å². The van der Waals surface area contributed by atoms with Crippen LogP contribution in [0.4, 0.5) is 14.5 Å². The van der Waals surface area contributed by atoms with Crippen molar-refractivity contribution in [2.24, 2.45) is 0 Å². The predicted octanol–water partition coefficient (Wildman–Crippen LogP) is 3.83. The molecule has 0 aromatic heterocycles. The van der Waals surface area contributed by atoms with Crippen molar-refractivity contribution in [1.29, 1.82) is 0 Å². The van der Waals surface area contributed by atoms with E-state index in [9.17, 15) is 13.6 Å². The number of carbonyl (C=O) groups is 1. The fraction of sp³-hybridized carbons (Fsp3) is 0.350. The van der Waals surface area contributed by atoms with Crippen LogP contribution in [-0.4, -0.2) is 36.1 Å². The van der Waals surface area contributed by atoms with Crippen LogP contribution in [0.2, 0.25) is 0 Å². The SMILES string of the molecule is CC1CN(Cc2ccccc2NC(=O)c2ccc(F)c(F)c2)CC(C)O1. The van der Waals surface area contributed by atoms with Crippen LogP contribution in [0, 0.1) is 11.6 Å². The van der Waals surface area contributed by atoms with Gasteiger partial charge in [0.1, 0.15) is 0 Å². The Morgan fingerprint density at radius 1 is 1.12 bits per heavy atom. The smallest absolute Gasteiger partial charge is 0.255 e. The molecule has 26 heavy (non-hydrogen) atoms. The zero-order valence-corrected chi connectivity index (χ0v) is 14.8. The first-order valence-electron chi connectivity index (χ1n) is 8.64. The molecule has 0 bridgehead atoms. The monoisotopic (exact) mass is 360 g/mol. The topological polar surface area (TPSA) is 41.6 Å². The second-order valence-electron chi connectivity index (χ2n) is 6.69. The van der Waals surface area contributed by atoms with E-state index < -0.39 is 17.5 Å². The molecule has 1 fully saturated rings. The first kappa shape index (κ1) is 18.5. The molecule has 1 heterocycles. The van der Waals surface area contributed by atoms with E-state index in [-0.39, 0.29) is 17.8 Å². The van der Waals surface area contributed by atoms with Crippen LogP contribution in [0.15, 0.2) is 42.5 Å². The number of carbonyl (C=O) groups excluding carboxylic acids is 1. The number of morpholine rings is 1. The summed E-state index contributed by atoms with van der Waals surface area (Å²) >= 11 is 0. The highest BCUT2D eigenvalue weighted by Crippen LogP contribution is 2.21. The Morgan fingerprint density at radius 2 is 1.81 bits per heavy atom. The molecule has 0 aliphatic carbocycles. The van der Waals surface area contributed by atoms with E-state index in [0.717, 1.165) is 30.8 Å². The number of para-hydroxylation sites is 1. The molecule has 3 rings (SSSR count). The number of amides is 1. The summed E-state index contributed by atoms with van der Waals surface area (Å²) < 4.78 is 32.2. The molecule has 2 atom stereocenters. The molecule has 138 valence electrons. The van der Waals surface area contributed by atoms with Crippen LogP contribution >= 0.6 is 0 Å². The molecule has 1 N–H and O–H groups in total. The molecule has 0 radical (unpaired) electrons. The minimum atomic E-state index is -1.04. The van der Waals surface area contributed by atoms with E-state index in [4.69, 9.17) is 4.74 Å². The van der Waals surface area contributed by atoms with Gasteiger partial charge in [0, 0.05) is 30.9 Å². The maximum absolute atomic E-state index is 13.4. The third-order valence-electron chi connectivity index (χ3n) is 4.34. The number of rotatable bonds is 4. The number of benzene rings is 2. The van der Waals surface area contributed by atoms with Crippen molar-refractivity contribution in [3.63, 3.8) is 0 Å². The zero-order valence-electron chi connectivity index (χ0n) is 14.8. The largest absolute Gasteiger partial charge is 0.373 e. The van der Waals surface area contributed by atoms with E-state index >= 15 is 0 Å². The lowest BCUT2D eigenvalue weighted by atomic mass is 10.1. The summed E-state index contributed by atoms with van der Waals surface area (Å²) in [5.41, 5.74) is 1.70. The molecular weight excluding hydrogens is 338 g/mol. The minimum Gasteiger partial charge on any atom is -0.373 e. The van der Waals surface area contributed by atoms with E-state index in [1.54, 1.807) is 6.07 Å². The number of anilines is 1. The normalized spacial score (nSPS) is 20.8. The lowest BCUT2D eigenvalue weighted by Gasteiger charge is -2.35. The van der Waals surface area contributed by atoms with Crippen molar-refractivity contribution in [2.45, 2.75) is 32.6 Å². The summed E-state index contributed by atoms with van der Waals surface area (Å²) in [4.78, 5) is 14.7. The highest BCUT2D eigenvalue weighted by molar-refractivity contribution is 6.04. The molecule has 1 aliphatic rings. The van der Waals surface area contributed by atoms with Crippen molar-refractivity contribution in [2.75, 3.05) is 18.4 Å². The standard InChI is InChI=1S/C20H22F2N2O2/c1-13-10-24(11-14(2)26-13)12-16-5-3-4-6-19(16)23-20(25)15-7-8-17(21)18(22)9-15/h3-9,13-14H,10-12H2,1-2H3,(H,23,25). The first-order chi connectivity index (χ1) is 12.4. The van der Waals surface area contributed by atoms with Crippen LogP contribution in [0.5, 0.6) is 0 Å². The van der Waals surface area contributed by atoms with Gasteiger partial charge in [-0.15, -0.1) is 0 Å². The third kappa shape index (κ3) is 4.45. The lowest BCUT2D eigenvalue weighted by Crippen LogP contribution is -2.44. The van der Waals surface area contributed by atoms with Crippen molar-refractivity contribution < 1.29 is 18.3 Å². The molecule has 2 unspecified atom stereocenters. The predicted molar refractivity (Wildman–Crippen MR) is 96.0 cm³/mol. The molecule has 0 saturated carbocycles. The van der Waals surface area contributed by atoms with Gasteiger partial charge in [0.25, 0.3) is 5.91 Å². The molecule has 4 nitrogen and oxygen atoms in total. The van der Waals surface area contributed by atoms with Gasteiger partial charge in [0.2, 0.25) is 0 Å². The van der Waals surface area contributed by atoms with Gasteiger partial charge < -0.3 is 10.1 Å². The fourth-order valence-electron chi connectivity index (χ4n) is 3.27. The summed E-state index contributed by atoms with van der Waals surface area (Å²) in [5.74, 6) is -2.49. The Hall–Kier alpha value is -2.31. The highest BCUT2D eigenvalue weighted by Gasteiger charge is 2.23. The number of nitrogens with one attached hydrogen (secondary N) is 1. The van der Waals surface area contributed by atoms with Crippen molar-refractivity contribution in [3.05, 3.63) is 65.2 Å². The van der Waals surface area contributed by atoms with Crippen molar-refractivity contribution in [1.82, 2.24) is 4.90 Å². The summed E-state index contributed by atoms with van der Waals surface area (Å²) in [6.07, 6.45) is 0.311. The summed E-state index contributed by atoms with van der Waals surface area (Å²) in [6, 6.07) is 10.6. The van der Waals surface area contributed by atoms with Crippen LogP contribution in [0.25, 0.3) is 0 Å². The Morgan fingerprint density at radius 3 is 2.50 bits per heavy atom. The van der Waals surface area contributed by atoms with Gasteiger partial charge in [0.05, 0.1) is 12.2 Å². The van der Waals surface area contributed by atoms with E-state index in [0.29, 0.717) is 12.2 Å². The van der Waals surface area contributed by atoms with E-state index in [2.05, 4.69) is 10.2 Å². The van der Waals surface area contributed by atoms with E-state index in [1.165, 1.54) is 6.07 Å². The number of ether oxygens (including phenoxy) is 1. The maximum atomic E-state index is 13.4. The average Bonchev–Trinajstić information content (AvgIpc) is 2.58. The molecule has 2 aromatic carbocycles. The Bertz CT molecular complexity index is 787. The second-order valence-corrected chi connectivity index (χ2v) is 6.69. The van der Waals surface area contributed by atoms with Crippen LogP contribution in [-0.2, 0) is 11.3 Å². The lowest BCUT2D eigenvalue weighted by molar-refractivity contribution is -0.0704. The van der Waals surface area contributed by atoms with Crippen LogP contribution < -0.4 is 5.32 Å². The maximum Gasteiger partial charge on any atom is 0.255 e. The molecular formula is C20H22F2N2O2. The summed E-state index contributed by atoms with van der Waals surface area (Å²) in [7, 11) is 0. The zero-order chi connectivity index (χ0) is 18.7. The van der Waals surface area contributed by atoms with Gasteiger partial charge in [0.15, 0.2) is 11.6 Å². The van der Waals surface area contributed by atoms with Gasteiger partial charge in [-0.3, -0.25) is 9.69 Å². The Kier molecular flexibility index (Phi) is 5.64. The van der Waals surface area contributed by atoms with E-state index in [1.807, 2.05) is 32.0 Å². The Labute approximate surface area is 151 Å². The summed E-state index contributed by atoms with van der Waals surface area (Å²) in [5, 5.41) is 2.80. The number of nitrogens with zero attached hydrogens (tertiary/aromatic N) is 1. The average molecular weight is 360 g/mol. The van der Waals surface area contributed by atoms with Crippen LogP contribution in [0.1, 0.15) is 29.8 Å². The van der Waals surface area contributed by atoms with Gasteiger partial charge in [-0.05, 0) is 43.7 Å². The third-order valence-corrected chi connectivity index (χ3v) is 4.34. The summed E-state index contributed by atoms with van der Waals surface area (Å²) in [6.45, 7) is 6.39. The van der Waals surface area contributed by atoms with Gasteiger partial charge >= 0.3 is 0 Å². The number of hydrogen-bond acceptors (Lipinski definition) is 3. The van der Waals surface area contributed by atoms with Crippen molar-refractivity contribution >= 4 is 11.6 Å². The highest BCUT2D eigenvalue weighted by atomic mass is 19.2. The van der Waals surface area contributed by atoms with Gasteiger partial charge in [-0.2, -0.15) is 0 Å². The molecule has 1 amide bonds. The first-order valence-corrected chi connectivity index (χ1v) is 8.64. The molecule has 1 saturated heterocycles. The number of halogens is 2. The molecule has 1 aliphatic heterocycles. The Balaban J connectivity index is 1.74. The second kappa shape index (κ2) is 7.93. The molecule has 2 aromatic rings. The van der Waals surface area contributed by atoms with Crippen LogP contribution in [0.3, 0.4) is 0 Å². The quantitative estimate of drug-likeness (QED) is 0.901. The number of hydrogen-bond donors (Lipinski definition) is 1. The fourth-order valence-corrected chi connectivity index (χ4v) is 3.27. The molecule has 0 spiro atoms. The van der Waals surface area contributed by atoms with Gasteiger partial charge in [-0.25, -0.2) is 8.78 Å². The minimum absolute atomic E-state index is 0.0762. The van der Waals surface area contributed by atoms with Gasteiger partial charge in [-0.1, -0.05) is 18.2 Å². The molecule has 6 heteroatoms.